The molecule has 14 heavy (non-hydrogen) atoms. The smallest absolute Gasteiger partial charge is 0.263 e. The number of halogens is 4. The minimum absolute atomic E-state index is 0.593. The van der Waals surface area contributed by atoms with Gasteiger partial charge in [0.05, 0.1) is 10.6 Å². The first kappa shape index (κ1) is 11.6. The fourth-order valence-corrected chi connectivity index (χ4v) is 2.24. The second-order valence-electron chi connectivity index (χ2n) is 2.28. The summed E-state index contributed by atoms with van der Waals surface area (Å²) < 4.78 is 46.1. The molecule has 1 aromatic rings. The van der Waals surface area contributed by atoms with Crippen molar-refractivity contribution in [2.45, 2.75) is 11.3 Å². The van der Waals surface area contributed by atoms with E-state index < -0.39 is 31.0 Å². The molecule has 0 aromatic carbocycles. The fraction of sp³-hybridized carbons (Fsp3) is 0.167. The predicted molar refractivity (Wildman–Crippen MR) is 47.2 cm³/mol. The van der Waals surface area contributed by atoms with Crippen molar-refractivity contribution in [2.75, 3.05) is 0 Å². The summed E-state index contributed by atoms with van der Waals surface area (Å²) in [5, 5.41) is -0.593. The van der Waals surface area contributed by atoms with Gasteiger partial charge in [0.15, 0.2) is 0 Å². The number of alkyl halides is 2. The summed E-state index contributed by atoms with van der Waals surface area (Å²) in [5.74, 6) is 0. The van der Waals surface area contributed by atoms with Crippen LogP contribution in [-0.2, 0) is 9.05 Å². The Morgan fingerprint density at radius 2 is 1.93 bits per heavy atom. The highest BCUT2D eigenvalue weighted by atomic mass is 35.7. The molecule has 1 aromatic heterocycles. The number of hydrogen-bond donors (Lipinski definition) is 0. The van der Waals surface area contributed by atoms with Crippen LogP contribution in [0.5, 0.6) is 0 Å². The lowest BCUT2D eigenvalue weighted by molar-refractivity contribution is 0.151. The topological polar surface area (TPSA) is 47.0 Å². The van der Waals surface area contributed by atoms with Crippen molar-refractivity contribution in [3.8, 4) is 0 Å². The van der Waals surface area contributed by atoms with Crippen LogP contribution >= 0.6 is 22.3 Å². The molecule has 0 N–H and O–H groups in total. The quantitative estimate of drug-likeness (QED) is 0.769. The monoisotopic (exact) mass is 261 g/mol. The van der Waals surface area contributed by atoms with Crippen LogP contribution in [0.4, 0.5) is 8.78 Å². The summed E-state index contributed by atoms with van der Waals surface area (Å²) in [6.45, 7) is 0. The van der Waals surface area contributed by atoms with Gasteiger partial charge in [-0.3, -0.25) is 4.98 Å². The molecule has 0 aliphatic carbocycles. The molecular formula is C6H3Cl2F2NO2S. The molecule has 0 aliphatic heterocycles. The van der Waals surface area contributed by atoms with E-state index in [0.717, 1.165) is 12.4 Å². The third-order valence-corrected chi connectivity index (χ3v) is 3.24. The van der Waals surface area contributed by atoms with E-state index in [2.05, 4.69) is 4.98 Å². The summed E-state index contributed by atoms with van der Waals surface area (Å²) in [4.78, 5) is 2.69. The zero-order valence-corrected chi connectivity index (χ0v) is 8.74. The van der Waals surface area contributed by atoms with Crippen molar-refractivity contribution in [1.29, 1.82) is 0 Å². The first-order chi connectivity index (χ1) is 6.34. The molecule has 0 spiro atoms. The molecule has 0 saturated carbocycles. The van der Waals surface area contributed by atoms with Gasteiger partial charge in [0.2, 0.25) is 0 Å². The molecular weight excluding hydrogens is 259 g/mol. The van der Waals surface area contributed by atoms with E-state index in [9.17, 15) is 17.2 Å². The van der Waals surface area contributed by atoms with E-state index >= 15 is 0 Å². The van der Waals surface area contributed by atoms with Gasteiger partial charge < -0.3 is 0 Å². The minimum atomic E-state index is -4.15. The van der Waals surface area contributed by atoms with Crippen molar-refractivity contribution >= 4 is 31.3 Å². The van der Waals surface area contributed by atoms with Crippen molar-refractivity contribution in [2.24, 2.45) is 0 Å². The molecule has 0 fully saturated rings. The van der Waals surface area contributed by atoms with Crippen LogP contribution in [-0.4, -0.2) is 13.4 Å². The lowest BCUT2D eigenvalue weighted by Gasteiger charge is -2.04. The van der Waals surface area contributed by atoms with Gasteiger partial charge in [0.1, 0.15) is 4.90 Å². The number of nitrogens with zero attached hydrogens (tertiary/aromatic N) is 1. The van der Waals surface area contributed by atoms with E-state index in [1.54, 1.807) is 0 Å². The third-order valence-electron chi connectivity index (χ3n) is 1.37. The van der Waals surface area contributed by atoms with Crippen LogP contribution in [0.25, 0.3) is 0 Å². The molecule has 1 rings (SSSR count). The van der Waals surface area contributed by atoms with Crippen LogP contribution in [0.2, 0.25) is 5.02 Å². The molecule has 3 nitrogen and oxygen atoms in total. The van der Waals surface area contributed by atoms with Gasteiger partial charge in [-0.2, -0.15) is 0 Å². The van der Waals surface area contributed by atoms with E-state index in [4.69, 9.17) is 22.3 Å². The number of rotatable bonds is 2. The first-order valence-corrected chi connectivity index (χ1v) is 5.89. The van der Waals surface area contributed by atoms with Crippen molar-refractivity contribution in [3.63, 3.8) is 0 Å². The summed E-state index contributed by atoms with van der Waals surface area (Å²) in [7, 11) is 0.798. The van der Waals surface area contributed by atoms with Gasteiger partial charge in [-0.05, 0) is 0 Å². The molecule has 0 radical (unpaired) electrons. The zero-order valence-electron chi connectivity index (χ0n) is 6.42. The van der Waals surface area contributed by atoms with Crippen molar-refractivity contribution < 1.29 is 17.2 Å². The van der Waals surface area contributed by atoms with Crippen LogP contribution in [0, 0.1) is 0 Å². The molecule has 78 valence electrons. The second kappa shape index (κ2) is 3.96. The highest BCUT2D eigenvalue weighted by molar-refractivity contribution is 8.13. The summed E-state index contributed by atoms with van der Waals surface area (Å²) >= 11 is 5.40. The Labute approximate surface area is 88.1 Å². The average Bonchev–Trinajstić information content (AvgIpc) is 2.01. The normalized spacial score (nSPS) is 12.1. The molecule has 0 bridgehead atoms. The van der Waals surface area contributed by atoms with Crippen molar-refractivity contribution in [3.05, 3.63) is 23.0 Å². The Morgan fingerprint density at radius 1 is 1.36 bits per heavy atom. The maximum Gasteiger partial charge on any atom is 0.266 e. The first-order valence-electron chi connectivity index (χ1n) is 3.20. The number of aromatic nitrogens is 1. The van der Waals surface area contributed by atoms with Crippen molar-refractivity contribution in [1.82, 2.24) is 4.98 Å². The van der Waals surface area contributed by atoms with E-state index in [1.807, 2.05) is 0 Å². The lowest BCUT2D eigenvalue weighted by Crippen LogP contribution is -1.97. The Morgan fingerprint density at radius 3 is 2.36 bits per heavy atom. The van der Waals surface area contributed by atoms with Gasteiger partial charge in [0, 0.05) is 23.1 Å². The molecule has 1 heterocycles. The SMILES string of the molecule is O=S(=O)(Cl)c1cncc(C(F)F)c1Cl. The van der Waals surface area contributed by atoms with Gasteiger partial charge in [-0.1, -0.05) is 11.6 Å². The van der Waals surface area contributed by atoms with Gasteiger partial charge in [-0.15, -0.1) is 0 Å². The molecule has 0 amide bonds. The maximum absolute atomic E-state index is 12.2. The zero-order chi connectivity index (χ0) is 10.9. The van der Waals surface area contributed by atoms with E-state index in [-0.39, 0.29) is 0 Å². The van der Waals surface area contributed by atoms with E-state index in [0.29, 0.717) is 0 Å². The molecule has 0 atom stereocenters. The Balaban J connectivity index is 3.43. The Bertz CT molecular complexity index is 449. The van der Waals surface area contributed by atoms with Crippen LogP contribution < -0.4 is 0 Å². The highest BCUT2D eigenvalue weighted by Gasteiger charge is 2.21. The minimum Gasteiger partial charge on any atom is -0.263 e. The summed E-state index contributed by atoms with van der Waals surface area (Å²) in [6.07, 6.45) is -1.29. The standard InChI is InChI=1S/C6H3Cl2F2NO2S/c7-5-3(6(9)10)1-11-2-4(5)14(8,12)13/h1-2,6H. The Kier molecular flexibility index (Phi) is 3.28. The van der Waals surface area contributed by atoms with Crippen LogP contribution in [0.1, 0.15) is 12.0 Å². The highest BCUT2D eigenvalue weighted by Crippen LogP contribution is 2.32. The lowest BCUT2D eigenvalue weighted by atomic mass is 10.3. The van der Waals surface area contributed by atoms with Crippen LogP contribution in [0.3, 0.4) is 0 Å². The Hall–Kier alpha value is -0.460. The predicted octanol–water partition coefficient (Wildman–Crippen LogP) is 2.60. The summed E-state index contributed by atoms with van der Waals surface area (Å²) in [6, 6.07) is 0. The van der Waals surface area contributed by atoms with Gasteiger partial charge in [0.25, 0.3) is 15.5 Å². The van der Waals surface area contributed by atoms with Gasteiger partial charge in [-0.25, -0.2) is 17.2 Å². The molecule has 0 aliphatic rings. The summed E-state index contributed by atoms with van der Waals surface area (Å²) in [5.41, 5.74) is -0.659. The number of hydrogen-bond acceptors (Lipinski definition) is 3. The maximum atomic E-state index is 12.2. The third kappa shape index (κ3) is 2.31. The van der Waals surface area contributed by atoms with Gasteiger partial charge >= 0.3 is 0 Å². The number of pyridine rings is 1. The molecule has 8 heteroatoms. The second-order valence-corrected chi connectivity index (χ2v) is 5.19. The van der Waals surface area contributed by atoms with E-state index in [1.165, 1.54) is 0 Å². The molecule has 0 unspecified atom stereocenters. The average molecular weight is 262 g/mol. The largest absolute Gasteiger partial charge is 0.266 e. The fourth-order valence-electron chi connectivity index (χ4n) is 0.763. The van der Waals surface area contributed by atoms with Crippen LogP contribution in [0.15, 0.2) is 17.3 Å². The molecule has 0 saturated heterocycles.